The lowest BCUT2D eigenvalue weighted by Gasteiger charge is -2.16. The number of amidine groups is 1. The molecule has 1 N–H and O–H groups in total. The van der Waals surface area contributed by atoms with Gasteiger partial charge in [0, 0.05) is 6.42 Å². The van der Waals surface area contributed by atoms with Crippen molar-refractivity contribution in [2.24, 2.45) is 4.99 Å². The second kappa shape index (κ2) is 9.95. The van der Waals surface area contributed by atoms with Crippen LogP contribution in [0.3, 0.4) is 0 Å². The summed E-state index contributed by atoms with van der Waals surface area (Å²) in [7, 11) is 1.55. The van der Waals surface area contributed by atoms with Gasteiger partial charge in [0.15, 0.2) is 5.17 Å². The Morgan fingerprint density at radius 3 is 2.58 bits per heavy atom. The fraction of sp³-hybridized carbons (Fsp3) is 0.240. The van der Waals surface area contributed by atoms with Crippen molar-refractivity contribution in [2.45, 2.75) is 32.1 Å². The van der Waals surface area contributed by atoms with Gasteiger partial charge in [0.25, 0.3) is 0 Å². The Labute approximate surface area is 196 Å². The number of hydrogen-bond donors (Lipinski definition) is 1. The van der Waals surface area contributed by atoms with Crippen molar-refractivity contribution in [1.82, 2.24) is 4.90 Å². The number of para-hydroxylation sites is 3. The number of rotatable bonds is 7. The van der Waals surface area contributed by atoms with E-state index in [0.717, 1.165) is 16.8 Å². The van der Waals surface area contributed by atoms with Crippen molar-refractivity contribution in [2.75, 3.05) is 12.4 Å². The summed E-state index contributed by atoms with van der Waals surface area (Å²) in [6.45, 7) is 4.24. The monoisotopic (exact) mass is 463 g/mol. The van der Waals surface area contributed by atoms with Crippen LogP contribution >= 0.6 is 11.8 Å². The molecule has 0 saturated carbocycles. The molecular formula is C25H25N3O4S. The molecule has 1 atom stereocenters. The zero-order valence-electron chi connectivity index (χ0n) is 18.7. The van der Waals surface area contributed by atoms with Crippen LogP contribution in [0.5, 0.6) is 5.75 Å². The standard InChI is InChI=1S/C25H25N3O4S/c1-16-8-6-9-17(2)23(16)27-25-28(15-18-10-7-13-32-18)24(30)21(33-25)14-22(29)26-19-11-4-5-12-20(19)31-3/h4-13,21H,14-15H2,1-3H3,(H,26,29). The van der Waals surface area contributed by atoms with Crippen LogP contribution in [0.2, 0.25) is 0 Å². The van der Waals surface area contributed by atoms with Gasteiger partial charge in [-0.05, 0) is 49.2 Å². The van der Waals surface area contributed by atoms with Gasteiger partial charge in [-0.25, -0.2) is 4.99 Å². The lowest BCUT2D eigenvalue weighted by atomic mass is 10.1. The first-order chi connectivity index (χ1) is 16.0. The van der Waals surface area contributed by atoms with Crippen molar-refractivity contribution < 1.29 is 18.7 Å². The van der Waals surface area contributed by atoms with E-state index in [9.17, 15) is 9.59 Å². The van der Waals surface area contributed by atoms with Crippen LogP contribution in [0.15, 0.2) is 70.3 Å². The number of nitrogens with one attached hydrogen (secondary N) is 1. The number of anilines is 1. The topological polar surface area (TPSA) is 84.1 Å². The molecule has 33 heavy (non-hydrogen) atoms. The highest BCUT2D eigenvalue weighted by molar-refractivity contribution is 8.15. The predicted molar refractivity (Wildman–Crippen MR) is 130 cm³/mol. The molecule has 1 aromatic heterocycles. The third kappa shape index (κ3) is 5.12. The molecule has 0 spiro atoms. The highest BCUT2D eigenvalue weighted by Crippen LogP contribution is 2.35. The molecule has 3 aromatic rings. The molecule has 4 rings (SSSR count). The Hall–Kier alpha value is -3.52. The molecule has 1 aliphatic rings. The fourth-order valence-corrected chi connectivity index (χ4v) is 4.77. The van der Waals surface area contributed by atoms with Crippen molar-refractivity contribution in [3.63, 3.8) is 0 Å². The number of carbonyl (C=O) groups excluding carboxylic acids is 2. The predicted octanol–water partition coefficient (Wildman–Crippen LogP) is 5.07. The summed E-state index contributed by atoms with van der Waals surface area (Å²) in [6.07, 6.45) is 1.59. The number of amides is 2. The smallest absolute Gasteiger partial charge is 0.243 e. The summed E-state index contributed by atoms with van der Waals surface area (Å²) in [5.74, 6) is 0.776. The Balaban J connectivity index is 1.57. The molecule has 170 valence electrons. The van der Waals surface area contributed by atoms with Gasteiger partial charge in [0.1, 0.15) is 16.8 Å². The zero-order chi connectivity index (χ0) is 23.4. The van der Waals surface area contributed by atoms with E-state index >= 15 is 0 Å². The number of methoxy groups -OCH3 is 1. The number of nitrogens with zero attached hydrogens (tertiary/aromatic N) is 2. The first-order valence-electron chi connectivity index (χ1n) is 10.5. The molecule has 0 aliphatic carbocycles. The molecule has 2 aromatic carbocycles. The molecule has 2 heterocycles. The molecule has 1 aliphatic heterocycles. The SMILES string of the molecule is COc1ccccc1NC(=O)CC1SC(=Nc2c(C)cccc2C)N(Cc2ccco2)C1=O. The molecule has 1 unspecified atom stereocenters. The van der Waals surface area contributed by atoms with E-state index < -0.39 is 5.25 Å². The van der Waals surface area contributed by atoms with Crippen molar-refractivity contribution in [1.29, 1.82) is 0 Å². The third-order valence-electron chi connectivity index (χ3n) is 5.31. The molecule has 1 fully saturated rings. The van der Waals surface area contributed by atoms with E-state index in [-0.39, 0.29) is 24.8 Å². The molecule has 7 nitrogen and oxygen atoms in total. The first-order valence-corrected chi connectivity index (χ1v) is 11.4. The van der Waals surface area contributed by atoms with Crippen molar-refractivity contribution in [3.8, 4) is 5.75 Å². The van der Waals surface area contributed by atoms with Gasteiger partial charge in [0.2, 0.25) is 11.8 Å². The summed E-state index contributed by atoms with van der Waals surface area (Å²) in [5, 5.41) is 2.82. The molecular weight excluding hydrogens is 438 g/mol. The number of aryl methyl sites for hydroxylation is 2. The molecule has 2 amide bonds. The maximum atomic E-state index is 13.3. The van der Waals surface area contributed by atoms with Crippen LogP contribution in [0.25, 0.3) is 0 Å². The van der Waals surface area contributed by atoms with Gasteiger partial charge in [-0.3, -0.25) is 14.5 Å². The maximum Gasteiger partial charge on any atom is 0.243 e. The van der Waals surface area contributed by atoms with E-state index in [2.05, 4.69) is 5.32 Å². The molecule has 1 saturated heterocycles. The van der Waals surface area contributed by atoms with Crippen LogP contribution < -0.4 is 10.1 Å². The van der Waals surface area contributed by atoms with Crippen molar-refractivity contribution in [3.05, 3.63) is 77.7 Å². The van der Waals surface area contributed by atoms with Crippen LogP contribution in [0.1, 0.15) is 23.3 Å². The van der Waals surface area contributed by atoms with Gasteiger partial charge < -0.3 is 14.5 Å². The van der Waals surface area contributed by atoms with E-state index in [1.807, 2.05) is 50.2 Å². The minimum atomic E-state index is -0.585. The summed E-state index contributed by atoms with van der Waals surface area (Å²) in [4.78, 5) is 32.5. The summed E-state index contributed by atoms with van der Waals surface area (Å²) < 4.78 is 10.8. The molecule has 0 radical (unpaired) electrons. The lowest BCUT2D eigenvalue weighted by Crippen LogP contribution is -2.33. The molecule has 0 bridgehead atoms. The summed E-state index contributed by atoms with van der Waals surface area (Å²) >= 11 is 1.30. The largest absolute Gasteiger partial charge is 0.495 e. The van der Waals surface area contributed by atoms with Crippen LogP contribution in [0, 0.1) is 13.8 Å². The second-order valence-electron chi connectivity index (χ2n) is 7.70. The number of thioether (sulfide) groups is 1. The van der Waals surface area contributed by atoms with Gasteiger partial charge in [-0.1, -0.05) is 42.1 Å². The van der Waals surface area contributed by atoms with E-state index in [1.54, 1.807) is 36.5 Å². The molecule has 8 heteroatoms. The highest BCUT2D eigenvalue weighted by Gasteiger charge is 2.39. The van der Waals surface area contributed by atoms with Gasteiger partial charge in [0.05, 0.1) is 31.3 Å². The Bertz CT molecular complexity index is 1170. The van der Waals surface area contributed by atoms with Crippen LogP contribution in [-0.4, -0.2) is 34.2 Å². The Morgan fingerprint density at radius 1 is 1.12 bits per heavy atom. The minimum Gasteiger partial charge on any atom is -0.495 e. The Kier molecular flexibility index (Phi) is 6.84. The number of hydrogen-bond acceptors (Lipinski definition) is 6. The van der Waals surface area contributed by atoms with Crippen LogP contribution in [-0.2, 0) is 16.1 Å². The zero-order valence-corrected chi connectivity index (χ0v) is 19.5. The normalized spacial score (nSPS) is 16.9. The lowest BCUT2D eigenvalue weighted by molar-refractivity contribution is -0.128. The number of carbonyl (C=O) groups is 2. The fourth-order valence-electron chi connectivity index (χ4n) is 3.62. The van der Waals surface area contributed by atoms with E-state index in [1.165, 1.54) is 11.8 Å². The van der Waals surface area contributed by atoms with Gasteiger partial charge in [-0.2, -0.15) is 0 Å². The van der Waals surface area contributed by atoms with E-state index in [0.29, 0.717) is 22.4 Å². The summed E-state index contributed by atoms with van der Waals surface area (Å²) in [5.41, 5.74) is 3.44. The van der Waals surface area contributed by atoms with Gasteiger partial charge >= 0.3 is 0 Å². The highest BCUT2D eigenvalue weighted by atomic mass is 32.2. The maximum absolute atomic E-state index is 13.3. The Morgan fingerprint density at radius 2 is 1.88 bits per heavy atom. The number of aliphatic imine (C=N–C) groups is 1. The second-order valence-corrected chi connectivity index (χ2v) is 8.87. The average Bonchev–Trinajstić information content (AvgIpc) is 3.41. The first kappa shape index (κ1) is 22.7. The average molecular weight is 464 g/mol. The van der Waals surface area contributed by atoms with Gasteiger partial charge in [-0.15, -0.1) is 0 Å². The summed E-state index contributed by atoms with van der Waals surface area (Å²) in [6, 6.07) is 16.7. The van der Waals surface area contributed by atoms with Crippen LogP contribution in [0.4, 0.5) is 11.4 Å². The third-order valence-corrected chi connectivity index (χ3v) is 6.49. The number of furan rings is 1. The number of ether oxygens (including phenoxy) is 1. The van der Waals surface area contributed by atoms with Crippen molar-refractivity contribution >= 4 is 40.1 Å². The quantitative estimate of drug-likeness (QED) is 0.529. The minimum absolute atomic E-state index is 0.0159. The van der Waals surface area contributed by atoms with E-state index in [4.69, 9.17) is 14.1 Å². The number of benzene rings is 2.